The lowest BCUT2D eigenvalue weighted by Gasteiger charge is -2.15. The summed E-state index contributed by atoms with van der Waals surface area (Å²) in [7, 11) is 0. The molecule has 3 aromatic carbocycles. The monoisotopic (exact) mass is 536 g/mol. The number of para-hydroxylation sites is 1. The van der Waals surface area contributed by atoms with Gasteiger partial charge in [-0.2, -0.15) is 0 Å². The summed E-state index contributed by atoms with van der Waals surface area (Å²) in [4.78, 5) is 53.0. The fourth-order valence-corrected chi connectivity index (χ4v) is 4.52. The van der Waals surface area contributed by atoms with Crippen molar-refractivity contribution in [2.75, 3.05) is 11.9 Å². The average Bonchev–Trinajstić information content (AvgIpc) is 3.48. The molecule has 2 aromatic heterocycles. The fourth-order valence-electron chi connectivity index (χ4n) is 4.52. The Balaban J connectivity index is 1.49. The van der Waals surface area contributed by atoms with E-state index in [2.05, 4.69) is 10.6 Å². The van der Waals surface area contributed by atoms with Gasteiger partial charge in [-0.05, 0) is 60.9 Å². The minimum Gasteiger partial charge on any atom is -0.467 e. The highest BCUT2D eigenvalue weighted by Gasteiger charge is 2.19. The second-order valence-electron chi connectivity index (χ2n) is 9.43. The van der Waals surface area contributed by atoms with E-state index >= 15 is 0 Å². The van der Waals surface area contributed by atoms with Crippen LogP contribution >= 0.6 is 0 Å². The summed E-state index contributed by atoms with van der Waals surface area (Å²) in [5, 5.41) is 5.91. The molecule has 5 rings (SSSR count). The van der Waals surface area contributed by atoms with Crippen LogP contribution in [0.15, 0.2) is 105 Å². The number of fused-ring (bicyclic) bond motifs is 1. The molecule has 0 aliphatic heterocycles. The van der Waals surface area contributed by atoms with Gasteiger partial charge in [0.25, 0.3) is 11.5 Å². The molecular formula is C31H28N4O5. The van der Waals surface area contributed by atoms with Crippen molar-refractivity contribution in [1.29, 1.82) is 0 Å². The summed E-state index contributed by atoms with van der Waals surface area (Å²) in [5.74, 6) is -0.372. The van der Waals surface area contributed by atoms with E-state index in [0.29, 0.717) is 24.4 Å². The summed E-state index contributed by atoms with van der Waals surface area (Å²) in [6.45, 7) is 1.82. The van der Waals surface area contributed by atoms with Gasteiger partial charge in [-0.1, -0.05) is 48.5 Å². The summed E-state index contributed by atoms with van der Waals surface area (Å²) in [6.07, 6.45) is 2.11. The predicted octanol–water partition coefficient (Wildman–Crippen LogP) is 3.72. The SMILES string of the molecule is Cc1ccccc1NC(=O)Cn1c(=O)n(Cc2ccco2)c(=O)c2ccc(C(=O)NCCc3ccccc3)cc21. The van der Waals surface area contributed by atoms with E-state index in [1.165, 1.54) is 23.0 Å². The molecule has 2 N–H and O–H groups in total. The van der Waals surface area contributed by atoms with Crippen molar-refractivity contribution in [2.24, 2.45) is 0 Å². The largest absolute Gasteiger partial charge is 0.467 e. The standard InChI is InChI=1S/C31H28N4O5/c1-21-8-5-6-12-26(21)33-28(36)20-34-27-18-23(29(37)32-16-15-22-9-3-2-4-10-22)13-14-25(27)30(38)35(31(34)39)19-24-11-7-17-40-24/h2-14,17-18H,15-16,19-20H2,1H3,(H,32,37)(H,33,36). The Hall–Kier alpha value is -5.18. The number of hydrogen-bond donors (Lipinski definition) is 2. The van der Waals surface area contributed by atoms with E-state index in [1.54, 1.807) is 30.3 Å². The first-order valence-electron chi connectivity index (χ1n) is 12.9. The Bertz CT molecular complexity index is 1790. The quantitative estimate of drug-likeness (QED) is 0.298. The van der Waals surface area contributed by atoms with Crippen LogP contribution in [-0.2, 0) is 24.3 Å². The smallest absolute Gasteiger partial charge is 0.332 e. The highest BCUT2D eigenvalue weighted by atomic mass is 16.3. The maximum absolute atomic E-state index is 13.6. The van der Waals surface area contributed by atoms with Gasteiger partial charge in [0.15, 0.2) is 0 Å². The summed E-state index contributed by atoms with van der Waals surface area (Å²) in [5.41, 5.74) is 1.82. The number of anilines is 1. The number of amides is 2. The highest BCUT2D eigenvalue weighted by Crippen LogP contribution is 2.15. The van der Waals surface area contributed by atoms with E-state index in [-0.39, 0.29) is 35.5 Å². The predicted molar refractivity (Wildman–Crippen MR) is 153 cm³/mol. The number of carbonyl (C=O) groups excluding carboxylic acids is 2. The first-order chi connectivity index (χ1) is 19.4. The minimum atomic E-state index is -0.685. The third kappa shape index (κ3) is 5.78. The molecule has 0 aliphatic carbocycles. The lowest BCUT2D eigenvalue weighted by molar-refractivity contribution is -0.116. The molecule has 9 heteroatoms. The van der Waals surface area contributed by atoms with Crippen LogP contribution in [0.3, 0.4) is 0 Å². The molecule has 0 radical (unpaired) electrons. The second kappa shape index (κ2) is 11.7. The van der Waals surface area contributed by atoms with E-state index < -0.39 is 17.2 Å². The van der Waals surface area contributed by atoms with Crippen molar-refractivity contribution in [3.63, 3.8) is 0 Å². The molecule has 0 saturated heterocycles. The topological polar surface area (TPSA) is 115 Å². The highest BCUT2D eigenvalue weighted by molar-refractivity contribution is 5.98. The van der Waals surface area contributed by atoms with Gasteiger partial charge in [-0.3, -0.25) is 23.5 Å². The Morgan fingerprint density at radius 2 is 1.65 bits per heavy atom. The number of nitrogens with zero attached hydrogens (tertiary/aromatic N) is 2. The zero-order valence-electron chi connectivity index (χ0n) is 21.9. The molecule has 202 valence electrons. The molecule has 0 spiro atoms. The van der Waals surface area contributed by atoms with Gasteiger partial charge in [0.2, 0.25) is 5.91 Å². The number of aromatic nitrogens is 2. The van der Waals surface area contributed by atoms with Gasteiger partial charge in [0.1, 0.15) is 12.3 Å². The molecular weight excluding hydrogens is 508 g/mol. The number of aryl methyl sites for hydroxylation is 1. The van der Waals surface area contributed by atoms with Gasteiger partial charge in [-0.25, -0.2) is 4.79 Å². The van der Waals surface area contributed by atoms with Crippen LogP contribution in [0.1, 0.15) is 27.2 Å². The van der Waals surface area contributed by atoms with Gasteiger partial charge in [-0.15, -0.1) is 0 Å². The minimum absolute atomic E-state index is 0.0955. The average molecular weight is 537 g/mol. The van der Waals surface area contributed by atoms with Crippen LogP contribution in [0.4, 0.5) is 5.69 Å². The van der Waals surface area contributed by atoms with Crippen molar-refractivity contribution in [3.8, 4) is 0 Å². The van der Waals surface area contributed by atoms with Crippen LogP contribution in [0, 0.1) is 6.92 Å². The van der Waals surface area contributed by atoms with Crippen LogP contribution in [-0.4, -0.2) is 27.5 Å². The lowest BCUT2D eigenvalue weighted by Crippen LogP contribution is -2.42. The Labute approximate surface area is 229 Å². The fraction of sp³-hybridized carbons (Fsp3) is 0.161. The Morgan fingerprint density at radius 1 is 0.875 bits per heavy atom. The van der Waals surface area contributed by atoms with E-state index in [4.69, 9.17) is 4.42 Å². The third-order valence-corrected chi connectivity index (χ3v) is 6.65. The molecule has 2 amide bonds. The molecule has 5 aromatic rings. The maximum Gasteiger partial charge on any atom is 0.332 e. The van der Waals surface area contributed by atoms with Crippen molar-refractivity contribution < 1.29 is 14.0 Å². The van der Waals surface area contributed by atoms with Crippen molar-refractivity contribution >= 4 is 28.4 Å². The molecule has 2 heterocycles. The van der Waals surface area contributed by atoms with Crippen LogP contribution in [0.25, 0.3) is 10.9 Å². The first-order valence-corrected chi connectivity index (χ1v) is 12.9. The summed E-state index contributed by atoms with van der Waals surface area (Å²) >= 11 is 0. The molecule has 0 fully saturated rings. The van der Waals surface area contributed by atoms with Gasteiger partial charge in [0.05, 0.1) is 23.7 Å². The number of carbonyl (C=O) groups is 2. The number of hydrogen-bond acceptors (Lipinski definition) is 5. The zero-order valence-corrected chi connectivity index (χ0v) is 21.9. The van der Waals surface area contributed by atoms with Crippen molar-refractivity contribution in [1.82, 2.24) is 14.5 Å². The summed E-state index contributed by atoms with van der Waals surface area (Å²) < 4.78 is 7.60. The number of nitrogens with one attached hydrogen (secondary N) is 2. The van der Waals surface area contributed by atoms with E-state index in [0.717, 1.165) is 15.7 Å². The number of furan rings is 1. The molecule has 0 bridgehead atoms. The molecule has 0 atom stereocenters. The van der Waals surface area contributed by atoms with Crippen LogP contribution in [0.5, 0.6) is 0 Å². The molecule has 0 unspecified atom stereocenters. The second-order valence-corrected chi connectivity index (χ2v) is 9.43. The first kappa shape index (κ1) is 26.4. The van der Waals surface area contributed by atoms with Gasteiger partial charge >= 0.3 is 5.69 Å². The molecule has 0 aliphatic rings. The van der Waals surface area contributed by atoms with E-state index in [1.807, 2.05) is 49.4 Å². The van der Waals surface area contributed by atoms with E-state index in [9.17, 15) is 19.2 Å². The zero-order chi connectivity index (χ0) is 28.1. The number of rotatable bonds is 9. The van der Waals surface area contributed by atoms with Crippen molar-refractivity contribution in [2.45, 2.75) is 26.4 Å². The van der Waals surface area contributed by atoms with Crippen molar-refractivity contribution in [3.05, 3.63) is 134 Å². The lowest BCUT2D eigenvalue weighted by atomic mass is 10.1. The normalized spacial score (nSPS) is 10.9. The van der Waals surface area contributed by atoms with Crippen LogP contribution < -0.4 is 21.9 Å². The summed E-state index contributed by atoms with van der Waals surface area (Å²) in [6, 6.07) is 24.9. The maximum atomic E-state index is 13.6. The Morgan fingerprint density at radius 3 is 2.40 bits per heavy atom. The molecule has 0 saturated carbocycles. The van der Waals surface area contributed by atoms with Crippen LogP contribution in [0.2, 0.25) is 0 Å². The molecule has 9 nitrogen and oxygen atoms in total. The number of benzene rings is 3. The van der Waals surface area contributed by atoms with Gasteiger partial charge in [0, 0.05) is 17.8 Å². The Kier molecular flexibility index (Phi) is 7.72. The molecule has 40 heavy (non-hydrogen) atoms. The third-order valence-electron chi connectivity index (χ3n) is 6.65. The van der Waals surface area contributed by atoms with Gasteiger partial charge < -0.3 is 15.1 Å².